The van der Waals surface area contributed by atoms with Crippen LogP contribution < -0.4 is 0 Å². The van der Waals surface area contributed by atoms with Crippen LogP contribution in [0.25, 0.3) is 0 Å². The Bertz CT molecular complexity index is 493. The maximum atomic E-state index is 12.4. The molecule has 2 heterocycles. The molecule has 0 aromatic rings. The monoisotopic (exact) mass is 342 g/mol. The summed E-state index contributed by atoms with van der Waals surface area (Å²) >= 11 is 0. The van der Waals surface area contributed by atoms with Crippen molar-refractivity contribution in [1.82, 2.24) is 9.21 Å². The van der Waals surface area contributed by atoms with Crippen LogP contribution in [0.4, 0.5) is 13.2 Å². The lowest BCUT2D eigenvalue weighted by Crippen LogP contribution is -2.46. The maximum absolute atomic E-state index is 12.4. The van der Waals surface area contributed by atoms with Gasteiger partial charge in [-0.25, -0.2) is 12.7 Å². The van der Waals surface area contributed by atoms with Crippen LogP contribution in [-0.2, 0) is 14.8 Å². The van der Waals surface area contributed by atoms with Gasteiger partial charge in [0.1, 0.15) is 0 Å². The summed E-state index contributed by atoms with van der Waals surface area (Å²) in [5, 5.41) is -0.516. The Balaban J connectivity index is 1.83. The molecule has 128 valence electrons. The molecule has 0 aliphatic carbocycles. The summed E-state index contributed by atoms with van der Waals surface area (Å²) in [4.78, 5) is 13.1. The van der Waals surface area contributed by atoms with Gasteiger partial charge in [-0.05, 0) is 25.7 Å². The van der Waals surface area contributed by atoms with Crippen molar-refractivity contribution in [2.24, 2.45) is 0 Å². The van der Waals surface area contributed by atoms with Crippen LogP contribution in [0.5, 0.6) is 0 Å². The number of sulfonamides is 1. The van der Waals surface area contributed by atoms with Crippen molar-refractivity contribution in [2.75, 3.05) is 26.2 Å². The van der Waals surface area contributed by atoms with Crippen molar-refractivity contribution in [3.8, 4) is 0 Å². The highest BCUT2D eigenvalue weighted by atomic mass is 32.2. The number of amides is 1. The standard InChI is InChI=1S/C13H21F3N2O3S/c14-13(15,16)6-3-12(19)17-9-4-11(5-10-17)22(20,21)18-7-1-2-8-18/h11H,1-10H2. The van der Waals surface area contributed by atoms with E-state index in [-0.39, 0.29) is 13.1 Å². The summed E-state index contributed by atoms with van der Waals surface area (Å²) in [5.74, 6) is -0.547. The van der Waals surface area contributed by atoms with Gasteiger partial charge in [-0.3, -0.25) is 4.79 Å². The van der Waals surface area contributed by atoms with E-state index >= 15 is 0 Å². The minimum Gasteiger partial charge on any atom is -0.343 e. The normalized spacial score (nSPS) is 22.2. The van der Waals surface area contributed by atoms with Crippen LogP contribution in [0.3, 0.4) is 0 Å². The number of hydrogen-bond acceptors (Lipinski definition) is 3. The smallest absolute Gasteiger partial charge is 0.343 e. The molecule has 0 bridgehead atoms. The Morgan fingerprint density at radius 3 is 2.09 bits per heavy atom. The molecule has 0 N–H and O–H groups in total. The Morgan fingerprint density at radius 1 is 1.05 bits per heavy atom. The lowest BCUT2D eigenvalue weighted by Gasteiger charge is -2.33. The minimum absolute atomic E-state index is 0.217. The summed E-state index contributed by atoms with van der Waals surface area (Å²) in [5.41, 5.74) is 0. The van der Waals surface area contributed by atoms with Crippen molar-refractivity contribution >= 4 is 15.9 Å². The third-order valence-corrected chi connectivity index (χ3v) is 6.66. The third-order valence-electron chi connectivity index (χ3n) is 4.26. The molecule has 0 radical (unpaired) electrons. The summed E-state index contributed by atoms with van der Waals surface area (Å²) < 4.78 is 62.6. The van der Waals surface area contributed by atoms with Crippen LogP contribution in [0.1, 0.15) is 38.5 Å². The van der Waals surface area contributed by atoms with Crippen molar-refractivity contribution < 1.29 is 26.4 Å². The van der Waals surface area contributed by atoms with Gasteiger partial charge in [0.2, 0.25) is 15.9 Å². The van der Waals surface area contributed by atoms with Gasteiger partial charge < -0.3 is 4.90 Å². The summed E-state index contributed by atoms with van der Waals surface area (Å²) in [7, 11) is -3.33. The second-order valence-corrected chi connectivity index (χ2v) is 8.06. The molecular formula is C13H21F3N2O3S. The van der Waals surface area contributed by atoms with E-state index in [1.807, 2.05) is 0 Å². The second kappa shape index (κ2) is 6.74. The predicted molar refractivity (Wildman–Crippen MR) is 74.6 cm³/mol. The zero-order valence-electron chi connectivity index (χ0n) is 12.3. The van der Waals surface area contributed by atoms with E-state index < -0.39 is 40.2 Å². The first kappa shape index (κ1) is 17.5. The molecular weight excluding hydrogens is 321 g/mol. The molecule has 22 heavy (non-hydrogen) atoms. The molecule has 2 rings (SSSR count). The number of alkyl halides is 3. The largest absolute Gasteiger partial charge is 0.389 e. The molecule has 2 fully saturated rings. The van der Waals surface area contributed by atoms with Crippen LogP contribution >= 0.6 is 0 Å². The molecule has 0 aromatic heterocycles. The van der Waals surface area contributed by atoms with E-state index in [0.29, 0.717) is 25.9 Å². The number of rotatable bonds is 4. The van der Waals surface area contributed by atoms with E-state index in [4.69, 9.17) is 0 Å². The molecule has 0 unspecified atom stereocenters. The average molecular weight is 342 g/mol. The molecule has 9 heteroatoms. The molecule has 0 saturated carbocycles. The van der Waals surface area contributed by atoms with Gasteiger partial charge >= 0.3 is 6.18 Å². The predicted octanol–water partition coefficient (Wildman–Crippen LogP) is 1.75. The molecule has 2 saturated heterocycles. The number of nitrogens with zero attached hydrogens (tertiary/aromatic N) is 2. The van der Waals surface area contributed by atoms with E-state index in [0.717, 1.165) is 12.8 Å². The van der Waals surface area contributed by atoms with Gasteiger partial charge in [0.25, 0.3) is 0 Å². The topological polar surface area (TPSA) is 57.7 Å². The number of carbonyl (C=O) groups is 1. The number of likely N-dealkylation sites (tertiary alicyclic amines) is 1. The molecule has 5 nitrogen and oxygen atoms in total. The lowest BCUT2D eigenvalue weighted by atomic mass is 10.1. The van der Waals surface area contributed by atoms with E-state index in [2.05, 4.69) is 0 Å². The summed E-state index contributed by atoms with van der Waals surface area (Å²) in [6.07, 6.45) is -3.69. The highest BCUT2D eigenvalue weighted by molar-refractivity contribution is 7.89. The molecule has 2 aliphatic rings. The maximum Gasteiger partial charge on any atom is 0.389 e. The van der Waals surface area contributed by atoms with Crippen molar-refractivity contribution in [3.63, 3.8) is 0 Å². The van der Waals surface area contributed by atoms with Crippen LogP contribution in [0, 0.1) is 0 Å². The SMILES string of the molecule is O=C(CCC(F)(F)F)N1CCC(S(=O)(=O)N2CCCC2)CC1. The Hall–Kier alpha value is -0.830. The van der Waals surface area contributed by atoms with Gasteiger partial charge in [0, 0.05) is 32.6 Å². The number of halogens is 3. The number of carbonyl (C=O) groups excluding carboxylic acids is 1. The number of hydrogen-bond donors (Lipinski definition) is 0. The Kier molecular flexibility index (Phi) is 5.37. The van der Waals surface area contributed by atoms with E-state index in [1.165, 1.54) is 9.21 Å². The minimum atomic E-state index is -4.34. The second-order valence-electron chi connectivity index (χ2n) is 5.85. The van der Waals surface area contributed by atoms with Gasteiger partial charge in [-0.2, -0.15) is 13.2 Å². The molecule has 0 atom stereocenters. The molecule has 0 aromatic carbocycles. The van der Waals surface area contributed by atoms with Gasteiger partial charge in [0.15, 0.2) is 0 Å². The van der Waals surface area contributed by atoms with Crippen LogP contribution in [0.15, 0.2) is 0 Å². The zero-order valence-corrected chi connectivity index (χ0v) is 13.1. The molecule has 0 spiro atoms. The zero-order chi connectivity index (χ0) is 16.4. The Morgan fingerprint density at radius 2 is 1.59 bits per heavy atom. The van der Waals surface area contributed by atoms with Crippen molar-refractivity contribution in [3.05, 3.63) is 0 Å². The Labute approximate surface area is 128 Å². The first-order valence-electron chi connectivity index (χ1n) is 7.53. The van der Waals surface area contributed by atoms with E-state index in [9.17, 15) is 26.4 Å². The van der Waals surface area contributed by atoms with Gasteiger partial charge in [-0.1, -0.05) is 0 Å². The van der Waals surface area contributed by atoms with Crippen molar-refractivity contribution in [2.45, 2.75) is 50.0 Å². The van der Waals surface area contributed by atoms with Crippen LogP contribution in [-0.4, -0.2) is 61.1 Å². The highest BCUT2D eigenvalue weighted by Gasteiger charge is 2.37. The molecule has 1 amide bonds. The molecule has 2 aliphatic heterocycles. The summed E-state index contributed by atoms with van der Waals surface area (Å²) in [6.45, 7) is 1.53. The average Bonchev–Trinajstić information content (AvgIpc) is 2.99. The van der Waals surface area contributed by atoms with E-state index in [1.54, 1.807) is 0 Å². The number of piperidine rings is 1. The van der Waals surface area contributed by atoms with Crippen molar-refractivity contribution in [1.29, 1.82) is 0 Å². The highest BCUT2D eigenvalue weighted by Crippen LogP contribution is 2.26. The fourth-order valence-electron chi connectivity index (χ4n) is 2.96. The quantitative estimate of drug-likeness (QED) is 0.782. The summed E-state index contributed by atoms with van der Waals surface area (Å²) in [6, 6.07) is 0. The lowest BCUT2D eigenvalue weighted by molar-refractivity contribution is -0.149. The third kappa shape index (κ3) is 4.34. The first-order chi connectivity index (χ1) is 10.2. The van der Waals surface area contributed by atoms with Gasteiger partial charge in [-0.15, -0.1) is 0 Å². The van der Waals surface area contributed by atoms with Gasteiger partial charge in [0.05, 0.1) is 11.7 Å². The fourth-order valence-corrected chi connectivity index (χ4v) is 4.96. The fraction of sp³-hybridized carbons (Fsp3) is 0.923. The first-order valence-corrected chi connectivity index (χ1v) is 9.04. The van der Waals surface area contributed by atoms with Crippen LogP contribution in [0.2, 0.25) is 0 Å².